The standard InChI is InChI=1S/C21H25N5OS/c1-15-3-5-17(6-4-15)25-10-12-26(13-11-25)21(28)24-23-18-8-14-27-20-16(2)7-9-22-19(18)20/h3-7,9H,8,10-14H2,1-2H3,(H,24,28)/b23-18-. The van der Waals surface area contributed by atoms with Gasteiger partial charge in [-0.15, -0.1) is 0 Å². The minimum atomic E-state index is 0.613. The fourth-order valence-corrected chi connectivity index (χ4v) is 3.75. The molecule has 0 saturated carbocycles. The molecule has 3 heterocycles. The summed E-state index contributed by atoms with van der Waals surface area (Å²) in [5, 5.41) is 5.22. The van der Waals surface area contributed by atoms with Crippen LogP contribution in [-0.4, -0.2) is 53.5 Å². The maximum atomic E-state index is 5.75. The molecule has 2 aliphatic rings. The van der Waals surface area contributed by atoms with Crippen molar-refractivity contribution in [1.29, 1.82) is 0 Å². The topological polar surface area (TPSA) is 53.0 Å². The molecular formula is C21H25N5OS. The molecule has 0 atom stereocenters. The Balaban J connectivity index is 1.36. The first-order valence-corrected chi connectivity index (χ1v) is 10.0. The second-order valence-corrected chi connectivity index (χ2v) is 7.58. The van der Waals surface area contributed by atoms with Crippen LogP contribution in [0.5, 0.6) is 5.75 Å². The Morgan fingerprint density at radius 1 is 1.11 bits per heavy atom. The van der Waals surface area contributed by atoms with Gasteiger partial charge in [-0.3, -0.25) is 10.4 Å². The van der Waals surface area contributed by atoms with E-state index in [4.69, 9.17) is 17.0 Å². The number of aromatic nitrogens is 1. The zero-order valence-electron chi connectivity index (χ0n) is 16.3. The highest BCUT2D eigenvalue weighted by Crippen LogP contribution is 2.26. The second-order valence-electron chi connectivity index (χ2n) is 7.19. The number of pyridine rings is 1. The van der Waals surface area contributed by atoms with E-state index in [1.807, 2.05) is 13.0 Å². The summed E-state index contributed by atoms with van der Waals surface area (Å²) in [6.45, 7) is 8.39. The smallest absolute Gasteiger partial charge is 0.189 e. The van der Waals surface area contributed by atoms with Gasteiger partial charge in [0.25, 0.3) is 0 Å². The molecular weight excluding hydrogens is 370 g/mol. The van der Waals surface area contributed by atoms with Crippen molar-refractivity contribution in [3.8, 4) is 5.75 Å². The van der Waals surface area contributed by atoms with E-state index in [-0.39, 0.29) is 0 Å². The number of aryl methyl sites for hydroxylation is 2. The number of nitrogens with zero attached hydrogens (tertiary/aromatic N) is 4. The van der Waals surface area contributed by atoms with E-state index in [0.717, 1.165) is 55.3 Å². The molecule has 1 aromatic heterocycles. The number of hydrogen-bond acceptors (Lipinski definition) is 5. The van der Waals surface area contributed by atoms with Crippen LogP contribution in [0.3, 0.4) is 0 Å². The number of ether oxygens (including phenoxy) is 1. The van der Waals surface area contributed by atoms with E-state index in [1.165, 1.54) is 11.3 Å². The monoisotopic (exact) mass is 395 g/mol. The van der Waals surface area contributed by atoms with Gasteiger partial charge in [-0.1, -0.05) is 17.7 Å². The number of hydrazone groups is 1. The molecule has 146 valence electrons. The van der Waals surface area contributed by atoms with Gasteiger partial charge in [-0.2, -0.15) is 5.10 Å². The van der Waals surface area contributed by atoms with Crippen molar-refractivity contribution in [2.45, 2.75) is 20.3 Å². The third-order valence-corrected chi connectivity index (χ3v) is 5.56. The van der Waals surface area contributed by atoms with Crippen molar-refractivity contribution >= 4 is 28.7 Å². The molecule has 0 radical (unpaired) electrons. The van der Waals surface area contributed by atoms with Crippen LogP contribution in [0.25, 0.3) is 0 Å². The SMILES string of the molecule is Cc1ccc(N2CCN(C(=S)N/N=C3/CCOc4c(C)ccnc43)CC2)cc1. The Bertz CT molecular complexity index is 888. The predicted octanol–water partition coefficient (Wildman–Crippen LogP) is 2.88. The third kappa shape index (κ3) is 3.94. The predicted molar refractivity (Wildman–Crippen MR) is 116 cm³/mol. The number of anilines is 1. The third-order valence-electron chi connectivity index (χ3n) is 5.21. The van der Waals surface area contributed by atoms with Crippen LogP contribution in [0.2, 0.25) is 0 Å². The van der Waals surface area contributed by atoms with E-state index in [0.29, 0.717) is 11.7 Å². The van der Waals surface area contributed by atoms with Crippen molar-refractivity contribution < 1.29 is 4.74 Å². The summed E-state index contributed by atoms with van der Waals surface area (Å²) >= 11 is 5.58. The summed E-state index contributed by atoms with van der Waals surface area (Å²) < 4.78 is 5.75. The molecule has 1 aromatic carbocycles. The van der Waals surface area contributed by atoms with E-state index in [9.17, 15) is 0 Å². The van der Waals surface area contributed by atoms with Crippen LogP contribution in [0.15, 0.2) is 41.6 Å². The van der Waals surface area contributed by atoms with Crippen molar-refractivity contribution in [2.75, 3.05) is 37.7 Å². The lowest BCUT2D eigenvalue weighted by atomic mass is 10.1. The van der Waals surface area contributed by atoms with E-state index < -0.39 is 0 Å². The summed E-state index contributed by atoms with van der Waals surface area (Å²) in [6, 6.07) is 10.6. The van der Waals surface area contributed by atoms with Crippen molar-refractivity contribution in [3.63, 3.8) is 0 Å². The molecule has 0 spiro atoms. The molecule has 2 aliphatic heterocycles. The first-order valence-electron chi connectivity index (χ1n) is 9.63. The quantitative estimate of drug-likeness (QED) is 0.623. The normalized spacial score (nSPS) is 17.9. The highest BCUT2D eigenvalue weighted by molar-refractivity contribution is 7.80. The zero-order chi connectivity index (χ0) is 19.5. The lowest BCUT2D eigenvalue weighted by Gasteiger charge is -2.37. The zero-order valence-corrected chi connectivity index (χ0v) is 17.1. The van der Waals surface area contributed by atoms with Gasteiger partial charge in [0.2, 0.25) is 0 Å². The molecule has 2 aromatic rings. The van der Waals surface area contributed by atoms with Crippen LogP contribution in [0.4, 0.5) is 5.69 Å². The minimum absolute atomic E-state index is 0.613. The molecule has 7 heteroatoms. The largest absolute Gasteiger partial charge is 0.491 e. The Morgan fingerprint density at radius 3 is 2.61 bits per heavy atom. The van der Waals surface area contributed by atoms with Crippen LogP contribution >= 0.6 is 12.2 Å². The average Bonchev–Trinajstić information content (AvgIpc) is 2.73. The maximum Gasteiger partial charge on any atom is 0.189 e. The second kappa shape index (κ2) is 8.14. The molecule has 1 saturated heterocycles. The Hall–Kier alpha value is -2.67. The number of thiocarbonyl (C=S) groups is 1. The number of benzene rings is 1. The first-order chi connectivity index (χ1) is 13.6. The highest BCUT2D eigenvalue weighted by atomic mass is 32.1. The summed E-state index contributed by atoms with van der Waals surface area (Å²) in [5.41, 5.74) is 8.41. The Morgan fingerprint density at radius 2 is 1.86 bits per heavy atom. The fourth-order valence-electron chi connectivity index (χ4n) is 3.52. The Labute approximate surface area is 171 Å². The number of hydrogen-bond donors (Lipinski definition) is 1. The molecule has 0 aliphatic carbocycles. The van der Waals surface area contributed by atoms with E-state index in [2.05, 4.69) is 56.5 Å². The summed E-state index contributed by atoms with van der Waals surface area (Å²) in [4.78, 5) is 9.01. The van der Waals surface area contributed by atoms with Gasteiger partial charge >= 0.3 is 0 Å². The van der Waals surface area contributed by atoms with Gasteiger partial charge in [0, 0.05) is 44.5 Å². The van der Waals surface area contributed by atoms with Gasteiger partial charge in [-0.25, -0.2) is 0 Å². The summed E-state index contributed by atoms with van der Waals surface area (Å²) in [6.07, 6.45) is 2.52. The summed E-state index contributed by atoms with van der Waals surface area (Å²) in [5.74, 6) is 0.826. The molecule has 1 fully saturated rings. The van der Waals surface area contributed by atoms with Gasteiger partial charge in [0.1, 0.15) is 11.4 Å². The van der Waals surface area contributed by atoms with Crippen LogP contribution in [0.1, 0.15) is 23.2 Å². The van der Waals surface area contributed by atoms with Crippen LogP contribution in [-0.2, 0) is 0 Å². The van der Waals surface area contributed by atoms with Gasteiger partial charge in [0.05, 0.1) is 12.3 Å². The Kier molecular flexibility index (Phi) is 5.43. The molecule has 4 rings (SSSR count). The first kappa shape index (κ1) is 18.7. The molecule has 28 heavy (non-hydrogen) atoms. The van der Waals surface area contributed by atoms with Crippen LogP contribution < -0.4 is 15.1 Å². The molecule has 0 unspecified atom stereocenters. The molecule has 1 N–H and O–H groups in total. The number of nitrogens with one attached hydrogen (secondary N) is 1. The van der Waals surface area contributed by atoms with E-state index >= 15 is 0 Å². The van der Waals surface area contributed by atoms with Crippen molar-refractivity contribution in [1.82, 2.24) is 15.3 Å². The van der Waals surface area contributed by atoms with Gasteiger partial charge < -0.3 is 14.5 Å². The number of piperazine rings is 1. The lowest BCUT2D eigenvalue weighted by molar-refractivity contribution is 0.315. The van der Waals surface area contributed by atoms with Gasteiger partial charge in [-0.05, 0) is 49.8 Å². The molecule has 6 nitrogen and oxygen atoms in total. The minimum Gasteiger partial charge on any atom is -0.491 e. The lowest BCUT2D eigenvalue weighted by Crippen LogP contribution is -2.51. The fraction of sp³-hybridized carbons (Fsp3) is 0.381. The van der Waals surface area contributed by atoms with Crippen LogP contribution in [0, 0.1) is 13.8 Å². The number of rotatable bonds is 2. The number of fused-ring (bicyclic) bond motifs is 1. The highest BCUT2D eigenvalue weighted by Gasteiger charge is 2.22. The van der Waals surface area contributed by atoms with Crippen molar-refractivity contribution in [3.05, 3.63) is 53.3 Å². The maximum absolute atomic E-state index is 5.75. The molecule has 0 amide bonds. The van der Waals surface area contributed by atoms with Gasteiger partial charge in [0.15, 0.2) is 5.11 Å². The average molecular weight is 396 g/mol. The van der Waals surface area contributed by atoms with Crippen molar-refractivity contribution in [2.24, 2.45) is 5.10 Å². The van der Waals surface area contributed by atoms with E-state index in [1.54, 1.807) is 6.20 Å². The molecule has 0 bridgehead atoms. The summed E-state index contributed by atoms with van der Waals surface area (Å²) in [7, 11) is 0.